The van der Waals surface area contributed by atoms with Crippen LogP contribution in [0.2, 0.25) is 0 Å². The van der Waals surface area contributed by atoms with Crippen molar-refractivity contribution in [3.05, 3.63) is 24.0 Å². The molecule has 3 nitrogen and oxygen atoms in total. The minimum Gasteiger partial charge on any atom is -0.369 e. The maximum atomic E-state index is 13.5. The number of nitrogens with two attached hydrogens (primary N) is 1. The summed E-state index contributed by atoms with van der Waals surface area (Å²) in [4.78, 5) is 4.36. The Bertz CT molecular complexity index is 605. The van der Waals surface area contributed by atoms with Crippen molar-refractivity contribution in [2.24, 2.45) is 11.8 Å². The van der Waals surface area contributed by atoms with Crippen LogP contribution < -0.4 is 5.73 Å². The molecular formula is C15H20FN3. The Labute approximate surface area is 112 Å². The van der Waals surface area contributed by atoms with Gasteiger partial charge in [0.15, 0.2) is 0 Å². The first-order valence-corrected chi connectivity index (χ1v) is 7.04. The SMILES string of the molecule is CCC1CCC(n2c(N)nc3ccc(F)cc32)C1C. The van der Waals surface area contributed by atoms with Crippen molar-refractivity contribution in [1.29, 1.82) is 0 Å². The minimum atomic E-state index is -0.230. The number of halogens is 1. The van der Waals surface area contributed by atoms with E-state index < -0.39 is 0 Å². The first kappa shape index (κ1) is 12.5. The van der Waals surface area contributed by atoms with E-state index in [4.69, 9.17) is 5.73 Å². The fraction of sp³-hybridized carbons (Fsp3) is 0.533. The van der Waals surface area contributed by atoms with Crippen LogP contribution in [-0.2, 0) is 0 Å². The van der Waals surface area contributed by atoms with Crippen LogP contribution in [0.15, 0.2) is 18.2 Å². The lowest BCUT2D eigenvalue weighted by Gasteiger charge is -2.22. The lowest BCUT2D eigenvalue weighted by Crippen LogP contribution is -2.17. The summed E-state index contributed by atoms with van der Waals surface area (Å²) < 4.78 is 15.5. The molecule has 1 aliphatic rings. The van der Waals surface area contributed by atoms with Crippen molar-refractivity contribution in [3.8, 4) is 0 Å². The molecule has 0 saturated heterocycles. The van der Waals surface area contributed by atoms with Crippen molar-refractivity contribution in [2.75, 3.05) is 5.73 Å². The fourth-order valence-corrected chi connectivity index (χ4v) is 3.60. The second-order valence-electron chi connectivity index (χ2n) is 5.65. The smallest absolute Gasteiger partial charge is 0.201 e. The third-order valence-electron chi connectivity index (χ3n) is 4.72. The van der Waals surface area contributed by atoms with Crippen molar-refractivity contribution in [3.63, 3.8) is 0 Å². The highest BCUT2D eigenvalue weighted by Crippen LogP contribution is 2.44. The zero-order valence-electron chi connectivity index (χ0n) is 11.4. The number of nitrogen functional groups attached to an aromatic ring is 1. The number of hydrogen-bond acceptors (Lipinski definition) is 2. The van der Waals surface area contributed by atoms with E-state index in [2.05, 4.69) is 18.8 Å². The number of anilines is 1. The predicted molar refractivity (Wildman–Crippen MR) is 75.3 cm³/mol. The van der Waals surface area contributed by atoms with Gasteiger partial charge < -0.3 is 10.3 Å². The van der Waals surface area contributed by atoms with E-state index in [0.717, 1.165) is 23.4 Å². The minimum absolute atomic E-state index is 0.230. The quantitative estimate of drug-likeness (QED) is 0.894. The van der Waals surface area contributed by atoms with Gasteiger partial charge in [-0.25, -0.2) is 9.37 Å². The lowest BCUT2D eigenvalue weighted by atomic mass is 9.93. The molecule has 0 amide bonds. The summed E-state index contributed by atoms with van der Waals surface area (Å²) in [6, 6.07) is 5.03. The lowest BCUT2D eigenvalue weighted by molar-refractivity contribution is 0.336. The van der Waals surface area contributed by atoms with Crippen LogP contribution in [0.25, 0.3) is 11.0 Å². The number of benzene rings is 1. The molecule has 3 rings (SSSR count). The molecule has 0 aliphatic heterocycles. The van der Waals surface area contributed by atoms with Crippen LogP contribution in [0.3, 0.4) is 0 Å². The standard InChI is InChI=1S/C15H20FN3/c1-3-10-4-7-13(9(10)2)19-14-8-11(16)5-6-12(14)18-15(19)17/h5-6,8-10,13H,3-4,7H2,1-2H3,(H2,17,18). The number of imidazole rings is 1. The summed E-state index contributed by atoms with van der Waals surface area (Å²) in [5.41, 5.74) is 7.67. The average molecular weight is 261 g/mol. The molecule has 1 aromatic heterocycles. The molecule has 0 bridgehead atoms. The maximum Gasteiger partial charge on any atom is 0.201 e. The highest BCUT2D eigenvalue weighted by molar-refractivity contribution is 5.78. The van der Waals surface area contributed by atoms with Crippen LogP contribution >= 0.6 is 0 Å². The molecule has 0 radical (unpaired) electrons. The molecule has 4 heteroatoms. The molecule has 1 fully saturated rings. The van der Waals surface area contributed by atoms with E-state index in [1.54, 1.807) is 12.1 Å². The van der Waals surface area contributed by atoms with Gasteiger partial charge in [-0.3, -0.25) is 0 Å². The van der Waals surface area contributed by atoms with Crippen LogP contribution in [0.1, 0.15) is 39.2 Å². The first-order valence-electron chi connectivity index (χ1n) is 7.04. The van der Waals surface area contributed by atoms with Crippen LogP contribution in [0, 0.1) is 17.7 Å². The van der Waals surface area contributed by atoms with E-state index in [1.807, 2.05) is 4.57 Å². The van der Waals surface area contributed by atoms with Gasteiger partial charge in [-0.2, -0.15) is 0 Å². The van der Waals surface area contributed by atoms with E-state index in [0.29, 0.717) is 17.9 Å². The van der Waals surface area contributed by atoms with E-state index >= 15 is 0 Å². The Morgan fingerprint density at radius 1 is 1.42 bits per heavy atom. The summed E-state index contributed by atoms with van der Waals surface area (Å²) in [6.45, 7) is 4.51. The van der Waals surface area contributed by atoms with Gasteiger partial charge in [0, 0.05) is 6.04 Å². The number of fused-ring (bicyclic) bond motifs is 1. The zero-order chi connectivity index (χ0) is 13.6. The van der Waals surface area contributed by atoms with Gasteiger partial charge in [0.1, 0.15) is 5.82 Å². The van der Waals surface area contributed by atoms with Gasteiger partial charge >= 0.3 is 0 Å². The number of aromatic nitrogens is 2. The third-order valence-corrected chi connectivity index (χ3v) is 4.72. The second-order valence-corrected chi connectivity index (χ2v) is 5.65. The molecule has 3 unspecified atom stereocenters. The molecular weight excluding hydrogens is 241 g/mol. The van der Waals surface area contributed by atoms with E-state index in [9.17, 15) is 4.39 Å². The summed E-state index contributed by atoms with van der Waals surface area (Å²) in [5.74, 6) is 1.57. The van der Waals surface area contributed by atoms with Crippen LogP contribution in [0.4, 0.5) is 10.3 Å². The first-order chi connectivity index (χ1) is 9.11. The Hall–Kier alpha value is -1.58. The molecule has 1 saturated carbocycles. The Kier molecular flexibility index (Phi) is 2.96. The molecule has 0 spiro atoms. The zero-order valence-corrected chi connectivity index (χ0v) is 11.4. The Morgan fingerprint density at radius 3 is 2.89 bits per heavy atom. The van der Waals surface area contributed by atoms with Crippen LogP contribution in [0.5, 0.6) is 0 Å². The normalized spacial score (nSPS) is 27.2. The number of hydrogen-bond donors (Lipinski definition) is 1. The maximum absolute atomic E-state index is 13.5. The summed E-state index contributed by atoms with van der Waals surface area (Å²) in [5, 5.41) is 0. The summed E-state index contributed by atoms with van der Waals surface area (Å²) in [7, 11) is 0. The van der Waals surface area contributed by atoms with Gasteiger partial charge in [-0.05, 0) is 42.9 Å². The van der Waals surface area contributed by atoms with E-state index in [1.165, 1.54) is 18.9 Å². The number of nitrogens with zero attached hydrogens (tertiary/aromatic N) is 2. The predicted octanol–water partition coefficient (Wildman–Crippen LogP) is 3.75. The van der Waals surface area contributed by atoms with Gasteiger partial charge in [0.2, 0.25) is 5.95 Å². The molecule has 2 aromatic rings. The molecule has 102 valence electrons. The molecule has 19 heavy (non-hydrogen) atoms. The van der Waals surface area contributed by atoms with Crippen LogP contribution in [-0.4, -0.2) is 9.55 Å². The topological polar surface area (TPSA) is 43.8 Å². The molecule has 1 aliphatic carbocycles. The molecule has 1 heterocycles. The Morgan fingerprint density at radius 2 is 2.21 bits per heavy atom. The monoisotopic (exact) mass is 261 g/mol. The molecule has 3 atom stereocenters. The fourth-order valence-electron chi connectivity index (χ4n) is 3.60. The average Bonchev–Trinajstić information content (AvgIpc) is 2.89. The third kappa shape index (κ3) is 1.90. The van der Waals surface area contributed by atoms with Crippen molar-refractivity contribution in [1.82, 2.24) is 9.55 Å². The van der Waals surface area contributed by atoms with Crippen molar-refractivity contribution in [2.45, 2.75) is 39.2 Å². The van der Waals surface area contributed by atoms with Gasteiger partial charge in [0.05, 0.1) is 11.0 Å². The van der Waals surface area contributed by atoms with E-state index in [-0.39, 0.29) is 5.82 Å². The highest BCUT2D eigenvalue weighted by Gasteiger charge is 2.34. The van der Waals surface area contributed by atoms with Crippen molar-refractivity contribution >= 4 is 17.0 Å². The summed E-state index contributed by atoms with van der Waals surface area (Å²) in [6.07, 6.45) is 3.52. The van der Waals surface area contributed by atoms with Gasteiger partial charge in [-0.1, -0.05) is 20.3 Å². The van der Waals surface area contributed by atoms with Gasteiger partial charge in [-0.15, -0.1) is 0 Å². The van der Waals surface area contributed by atoms with Gasteiger partial charge in [0.25, 0.3) is 0 Å². The number of rotatable bonds is 2. The largest absolute Gasteiger partial charge is 0.369 e. The Balaban J connectivity index is 2.10. The summed E-state index contributed by atoms with van der Waals surface area (Å²) >= 11 is 0. The molecule has 1 aromatic carbocycles. The van der Waals surface area contributed by atoms with Crippen molar-refractivity contribution < 1.29 is 4.39 Å². The highest BCUT2D eigenvalue weighted by atomic mass is 19.1. The molecule has 2 N–H and O–H groups in total. The second kappa shape index (κ2) is 4.51.